The van der Waals surface area contributed by atoms with Crippen molar-refractivity contribution in [1.82, 2.24) is 9.80 Å². The fraction of sp³-hybridized carbons (Fsp3) is 0.500. The monoisotopic (exact) mass is 290 g/mol. The Morgan fingerprint density at radius 1 is 1.05 bits per heavy atom. The number of hydrogen-bond acceptors (Lipinski definition) is 3. The van der Waals surface area contributed by atoms with Crippen molar-refractivity contribution in [2.75, 3.05) is 39.4 Å². The van der Waals surface area contributed by atoms with Crippen molar-refractivity contribution < 1.29 is 14.3 Å². The molecule has 1 aromatic rings. The zero-order valence-corrected chi connectivity index (χ0v) is 12.7. The minimum absolute atomic E-state index is 0.000128. The Bertz CT molecular complexity index is 489. The Kier molecular flexibility index (Phi) is 5.33. The molecular weight excluding hydrogens is 268 g/mol. The van der Waals surface area contributed by atoms with Gasteiger partial charge in [0.1, 0.15) is 0 Å². The van der Waals surface area contributed by atoms with Gasteiger partial charge < -0.3 is 14.5 Å². The van der Waals surface area contributed by atoms with Crippen LogP contribution in [0.5, 0.6) is 0 Å². The summed E-state index contributed by atoms with van der Waals surface area (Å²) in [5, 5.41) is 0. The maximum atomic E-state index is 12.3. The van der Waals surface area contributed by atoms with Crippen LogP contribution in [0.15, 0.2) is 24.3 Å². The van der Waals surface area contributed by atoms with Crippen LogP contribution in [0.25, 0.3) is 0 Å². The van der Waals surface area contributed by atoms with Crippen molar-refractivity contribution in [2.45, 2.75) is 13.8 Å². The normalized spacial score (nSPS) is 14.9. The van der Waals surface area contributed by atoms with Crippen molar-refractivity contribution in [3.05, 3.63) is 35.4 Å². The molecule has 0 unspecified atom stereocenters. The molecule has 0 spiro atoms. The highest BCUT2D eigenvalue weighted by atomic mass is 16.5. The van der Waals surface area contributed by atoms with E-state index in [1.807, 2.05) is 13.8 Å². The second kappa shape index (κ2) is 7.22. The predicted molar refractivity (Wildman–Crippen MR) is 80.4 cm³/mol. The van der Waals surface area contributed by atoms with Gasteiger partial charge >= 0.3 is 0 Å². The zero-order valence-electron chi connectivity index (χ0n) is 12.7. The molecule has 114 valence electrons. The van der Waals surface area contributed by atoms with E-state index in [-0.39, 0.29) is 11.8 Å². The standard InChI is InChI=1S/C16H22N2O3/c1-3-17(4-2)15(19)13-5-7-14(8-6-13)16(20)18-9-11-21-12-10-18/h5-8H,3-4,9-12H2,1-2H3. The number of carbonyl (C=O) groups is 2. The maximum Gasteiger partial charge on any atom is 0.254 e. The molecule has 1 aliphatic rings. The number of rotatable bonds is 4. The number of carbonyl (C=O) groups excluding carboxylic acids is 2. The van der Waals surface area contributed by atoms with Gasteiger partial charge in [0.2, 0.25) is 0 Å². The molecule has 0 bridgehead atoms. The second-order valence-corrected chi connectivity index (χ2v) is 4.96. The molecule has 1 aromatic carbocycles. The van der Waals surface area contributed by atoms with Crippen molar-refractivity contribution in [2.24, 2.45) is 0 Å². The summed E-state index contributed by atoms with van der Waals surface area (Å²) in [6.45, 7) is 7.70. The summed E-state index contributed by atoms with van der Waals surface area (Å²) < 4.78 is 5.24. The molecule has 0 saturated carbocycles. The number of amides is 2. The van der Waals surface area contributed by atoms with Gasteiger partial charge in [-0.1, -0.05) is 0 Å². The minimum atomic E-state index is 0.000128. The van der Waals surface area contributed by atoms with E-state index < -0.39 is 0 Å². The fourth-order valence-electron chi connectivity index (χ4n) is 2.40. The number of nitrogens with zero attached hydrogens (tertiary/aromatic N) is 2. The molecule has 1 saturated heterocycles. The fourth-order valence-corrected chi connectivity index (χ4v) is 2.40. The van der Waals surface area contributed by atoms with Gasteiger partial charge in [-0.2, -0.15) is 0 Å². The van der Waals surface area contributed by atoms with Crippen LogP contribution >= 0.6 is 0 Å². The lowest BCUT2D eigenvalue weighted by Crippen LogP contribution is -2.40. The second-order valence-electron chi connectivity index (χ2n) is 4.96. The van der Waals surface area contributed by atoms with Crippen LogP contribution in [0.1, 0.15) is 34.6 Å². The number of hydrogen-bond donors (Lipinski definition) is 0. The molecule has 1 heterocycles. The van der Waals surface area contributed by atoms with Crippen molar-refractivity contribution in [3.8, 4) is 0 Å². The van der Waals surface area contributed by atoms with Crippen LogP contribution in [-0.2, 0) is 4.74 Å². The Labute approximate surface area is 125 Å². The Morgan fingerprint density at radius 3 is 2.10 bits per heavy atom. The average Bonchev–Trinajstić information content (AvgIpc) is 2.56. The topological polar surface area (TPSA) is 49.9 Å². The van der Waals surface area contributed by atoms with Gasteiger partial charge in [-0.05, 0) is 38.1 Å². The lowest BCUT2D eigenvalue weighted by atomic mass is 10.1. The van der Waals surface area contributed by atoms with Gasteiger partial charge in [0.05, 0.1) is 13.2 Å². The number of ether oxygens (including phenoxy) is 1. The van der Waals surface area contributed by atoms with Crippen LogP contribution in [0, 0.1) is 0 Å². The summed E-state index contributed by atoms with van der Waals surface area (Å²) >= 11 is 0. The van der Waals surface area contributed by atoms with Gasteiger partial charge in [-0.25, -0.2) is 0 Å². The quantitative estimate of drug-likeness (QED) is 0.847. The van der Waals surface area contributed by atoms with Gasteiger partial charge in [0.15, 0.2) is 0 Å². The molecule has 0 atom stereocenters. The minimum Gasteiger partial charge on any atom is -0.378 e. The van der Waals surface area contributed by atoms with E-state index in [9.17, 15) is 9.59 Å². The van der Waals surface area contributed by atoms with Gasteiger partial charge in [-0.3, -0.25) is 9.59 Å². The highest BCUT2D eigenvalue weighted by molar-refractivity contribution is 5.97. The van der Waals surface area contributed by atoms with E-state index in [0.717, 1.165) is 0 Å². The maximum absolute atomic E-state index is 12.3. The van der Waals surface area contributed by atoms with E-state index in [1.54, 1.807) is 34.1 Å². The number of benzene rings is 1. The molecule has 0 N–H and O–H groups in total. The average molecular weight is 290 g/mol. The van der Waals surface area contributed by atoms with Crippen LogP contribution in [0.3, 0.4) is 0 Å². The molecule has 1 aliphatic heterocycles. The Hall–Kier alpha value is -1.88. The van der Waals surface area contributed by atoms with Crippen LogP contribution in [-0.4, -0.2) is 61.0 Å². The molecule has 1 fully saturated rings. The summed E-state index contributed by atoms with van der Waals surface area (Å²) in [6, 6.07) is 6.92. The lowest BCUT2D eigenvalue weighted by Gasteiger charge is -2.27. The van der Waals surface area contributed by atoms with E-state index in [4.69, 9.17) is 4.74 Å². The lowest BCUT2D eigenvalue weighted by molar-refractivity contribution is 0.0303. The van der Waals surface area contributed by atoms with Gasteiger partial charge in [0.25, 0.3) is 11.8 Å². The van der Waals surface area contributed by atoms with Crippen molar-refractivity contribution >= 4 is 11.8 Å². The predicted octanol–water partition coefficient (Wildman–Crippen LogP) is 1.64. The smallest absolute Gasteiger partial charge is 0.254 e. The summed E-state index contributed by atoms with van der Waals surface area (Å²) in [7, 11) is 0. The van der Waals surface area contributed by atoms with Crippen LogP contribution < -0.4 is 0 Å². The van der Waals surface area contributed by atoms with Crippen molar-refractivity contribution in [1.29, 1.82) is 0 Å². The van der Waals surface area contributed by atoms with Crippen LogP contribution in [0.4, 0.5) is 0 Å². The molecule has 2 rings (SSSR count). The number of morpholine rings is 1. The molecule has 21 heavy (non-hydrogen) atoms. The Balaban J connectivity index is 2.07. The third-order valence-electron chi connectivity index (χ3n) is 3.73. The summed E-state index contributed by atoms with van der Waals surface area (Å²) in [5.74, 6) is 0.00510. The first-order valence-corrected chi connectivity index (χ1v) is 7.43. The molecule has 5 nitrogen and oxygen atoms in total. The first-order valence-electron chi connectivity index (χ1n) is 7.43. The largest absolute Gasteiger partial charge is 0.378 e. The summed E-state index contributed by atoms with van der Waals surface area (Å²) in [6.07, 6.45) is 0. The SMILES string of the molecule is CCN(CC)C(=O)c1ccc(C(=O)N2CCOCC2)cc1. The van der Waals surface area contributed by atoms with E-state index in [0.29, 0.717) is 50.5 Å². The third-order valence-corrected chi connectivity index (χ3v) is 3.73. The zero-order chi connectivity index (χ0) is 15.2. The summed E-state index contributed by atoms with van der Waals surface area (Å²) in [4.78, 5) is 28.1. The van der Waals surface area contributed by atoms with Crippen LogP contribution in [0.2, 0.25) is 0 Å². The molecular formula is C16H22N2O3. The molecule has 0 aromatic heterocycles. The summed E-state index contributed by atoms with van der Waals surface area (Å²) in [5.41, 5.74) is 1.24. The molecule has 2 amide bonds. The molecule has 5 heteroatoms. The first kappa shape index (κ1) is 15.5. The van der Waals surface area contributed by atoms with E-state index in [2.05, 4.69) is 0 Å². The molecule has 0 radical (unpaired) electrons. The first-order chi connectivity index (χ1) is 10.2. The highest BCUT2D eigenvalue weighted by Crippen LogP contribution is 2.11. The Morgan fingerprint density at radius 2 is 1.57 bits per heavy atom. The molecule has 0 aliphatic carbocycles. The van der Waals surface area contributed by atoms with E-state index >= 15 is 0 Å². The highest BCUT2D eigenvalue weighted by Gasteiger charge is 2.19. The van der Waals surface area contributed by atoms with Gasteiger partial charge in [-0.15, -0.1) is 0 Å². The van der Waals surface area contributed by atoms with E-state index in [1.165, 1.54) is 0 Å². The van der Waals surface area contributed by atoms with Gasteiger partial charge in [0, 0.05) is 37.3 Å². The third kappa shape index (κ3) is 3.61. The van der Waals surface area contributed by atoms with Crippen molar-refractivity contribution in [3.63, 3.8) is 0 Å².